The van der Waals surface area contributed by atoms with Crippen LogP contribution >= 0.6 is 0 Å². The van der Waals surface area contributed by atoms with Crippen molar-refractivity contribution >= 4 is 23.7 Å². The number of unbranched alkanes of at least 4 members (excludes halogenated alkanes) is 2. The highest BCUT2D eigenvalue weighted by Gasteiger charge is 2.37. The predicted molar refractivity (Wildman–Crippen MR) is 184 cm³/mol. The second-order valence-electron chi connectivity index (χ2n) is 13.4. The van der Waals surface area contributed by atoms with Crippen molar-refractivity contribution in [1.29, 1.82) is 0 Å². The number of alkyl carbamates (subject to hydrolysis) is 1. The molecule has 1 aliphatic carbocycles. The van der Waals surface area contributed by atoms with E-state index in [1.807, 2.05) is 30.3 Å². The second kappa shape index (κ2) is 17.5. The van der Waals surface area contributed by atoms with Crippen LogP contribution in [0.4, 0.5) is 4.79 Å². The Morgan fingerprint density at radius 2 is 1.51 bits per heavy atom. The number of ketones is 1. The zero-order valence-corrected chi connectivity index (χ0v) is 27.9. The number of rotatable bonds is 17. The Morgan fingerprint density at radius 3 is 2.23 bits per heavy atom. The van der Waals surface area contributed by atoms with Crippen LogP contribution in [0.2, 0.25) is 0 Å². The van der Waals surface area contributed by atoms with E-state index < -0.39 is 23.6 Å². The summed E-state index contributed by atoms with van der Waals surface area (Å²) in [7, 11) is 0. The molecule has 3 aromatic carbocycles. The summed E-state index contributed by atoms with van der Waals surface area (Å²) < 4.78 is 5.22. The van der Waals surface area contributed by atoms with Gasteiger partial charge >= 0.3 is 6.09 Å². The number of carbonyl (C=O) groups excluding carboxylic acids is 4. The van der Waals surface area contributed by atoms with E-state index in [9.17, 15) is 19.2 Å². The summed E-state index contributed by atoms with van der Waals surface area (Å²) in [5, 5.41) is 8.57. The van der Waals surface area contributed by atoms with E-state index in [-0.39, 0.29) is 18.1 Å². The molecule has 0 aliphatic heterocycles. The Balaban J connectivity index is 1.27. The van der Waals surface area contributed by atoms with Gasteiger partial charge in [0, 0.05) is 30.6 Å². The normalized spacial score (nSPS) is 16.1. The highest BCUT2D eigenvalue weighted by atomic mass is 16.6. The summed E-state index contributed by atoms with van der Waals surface area (Å²) in [5.41, 5.74) is 2.55. The third kappa shape index (κ3) is 12.3. The van der Waals surface area contributed by atoms with Gasteiger partial charge in [0.05, 0.1) is 0 Å². The maximum Gasteiger partial charge on any atom is 0.407 e. The Morgan fingerprint density at radius 1 is 0.809 bits per heavy atom. The minimum Gasteiger partial charge on any atom is -0.444 e. The van der Waals surface area contributed by atoms with Crippen LogP contribution in [0.15, 0.2) is 84.9 Å². The summed E-state index contributed by atoms with van der Waals surface area (Å²) in [6.45, 7) is 6.04. The van der Waals surface area contributed by atoms with Crippen LogP contribution in [-0.2, 0) is 16.1 Å². The average Bonchev–Trinajstić information content (AvgIpc) is 3.84. The SMILES string of the molecule is CC(C)(C)OC(=O)NCCCC(=O)c1cccc(C(=O)N[C@@H](CCCCCC2CC2c2ccccc2)C(=O)NCc2ccccc2)c1. The van der Waals surface area contributed by atoms with Gasteiger partial charge in [-0.3, -0.25) is 14.4 Å². The van der Waals surface area contributed by atoms with E-state index in [1.54, 1.807) is 45.0 Å². The number of ether oxygens (including phenoxy) is 1. The first-order valence-corrected chi connectivity index (χ1v) is 16.9. The molecule has 1 fully saturated rings. The average molecular weight is 640 g/mol. The fourth-order valence-electron chi connectivity index (χ4n) is 5.76. The van der Waals surface area contributed by atoms with Crippen LogP contribution in [0, 0.1) is 5.92 Å². The van der Waals surface area contributed by atoms with Crippen LogP contribution in [0.5, 0.6) is 0 Å². The highest BCUT2D eigenvalue weighted by molar-refractivity contribution is 6.01. The Kier molecular flexibility index (Phi) is 13.1. The number of benzene rings is 3. The molecule has 3 amide bonds. The van der Waals surface area contributed by atoms with Crippen molar-refractivity contribution in [3.63, 3.8) is 0 Å². The maximum atomic E-state index is 13.4. The molecular formula is C39H49N3O5. The van der Waals surface area contributed by atoms with E-state index in [0.717, 1.165) is 30.7 Å². The predicted octanol–water partition coefficient (Wildman–Crippen LogP) is 7.34. The van der Waals surface area contributed by atoms with E-state index in [0.29, 0.717) is 43.0 Å². The summed E-state index contributed by atoms with van der Waals surface area (Å²) in [6, 6.07) is 26.2. The molecule has 0 spiro atoms. The van der Waals surface area contributed by atoms with Crippen molar-refractivity contribution in [2.45, 2.75) is 96.2 Å². The summed E-state index contributed by atoms with van der Waals surface area (Å²) in [5.74, 6) is 0.655. The summed E-state index contributed by atoms with van der Waals surface area (Å²) >= 11 is 0. The van der Waals surface area contributed by atoms with Crippen molar-refractivity contribution in [3.8, 4) is 0 Å². The van der Waals surface area contributed by atoms with Crippen molar-refractivity contribution in [2.75, 3.05) is 6.54 Å². The molecule has 4 rings (SSSR count). The molecule has 2 unspecified atom stereocenters. The van der Waals surface area contributed by atoms with Crippen LogP contribution in [-0.4, -0.2) is 41.9 Å². The third-order valence-electron chi connectivity index (χ3n) is 8.34. The van der Waals surface area contributed by atoms with Gasteiger partial charge in [0.25, 0.3) is 5.91 Å². The number of hydrogen-bond acceptors (Lipinski definition) is 5. The largest absolute Gasteiger partial charge is 0.444 e. The Bertz CT molecular complexity index is 1470. The van der Waals surface area contributed by atoms with Crippen molar-refractivity contribution in [2.24, 2.45) is 5.92 Å². The molecule has 250 valence electrons. The van der Waals surface area contributed by atoms with Gasteiger partial charge in [-0.1, -0.05) is 92.1 Å². The van der Waals surface area contributed by atoms with Crippen molar-refractivity contribution < 1.29 is 23.9 Å². The molecule has 0 bridgehead atoms. The quantitative estimate of drug-likeness (QED) is 0.106. The minimum absolute atomic E-state index is 0.132. The molecule has 3 N–H and O–H groups in total. The van der Waals surface area contributed by atoms with Gasteiger partial charge < -0.3 is 20.7 Å². The maximum absolute atomic E-state index is 13.4. The van der Waals surface area contributed by atoms with Crippen molar-refractivity contribution in [3.05, 3.63) is 107 Å². The lowest BCUT2D eigenvalue weighted by atomic mass is 10.0. The molecule has 0 heterocycles. The smallest absolute Gasteiger partial charge is 0.407 e. The van der Waals surface area contributed by atoms with Gasteiger partial charge in [-0.15, -0.1) is 0 Å². The first kappa shape index (κ1) is 35.4. The fraction of sp³-hybridized carbons (Fsp3) is 0.436. The topological polar surface area (TPSA) is 114 Å². The molecule has 1 saturated carbocycles. The molecule has 0 saturated heterocycles. The third-order valence-corrected chi connectivity index (χ3v) is 8.34. The van der Waals surface area contributed by atoms with Crippen LogP contribution in [0.1, 0.15) is 110 Å². The zero-order chi connectivity index (χ0) is 33.6. The van der Waals surface area contributed by atoms with Gasteiger partial charge in [0.15, 0.2) is 5.78 Å². The number of hydrogen-bond donors (Lipinski definition) is 3. The Labute approximate surface area is 279 Å². The molecule has 0 radical (unpaired) electrons. The van der Waals surface area contributed by atoms with E-state index >= 15 is 0 Å². The van der Waals surface area contributed by atoms with Gasteiger partial charge in [0.1, 0.15) is 11.6 Å². The first-order valence-electron chi connectivity index (χ1n) is 16.9. The Hall–Kier alpha value is -4.46. The molecule has 8 heteroatoms. The minimum atomic E-state index is -0.692. The number of carbonyl (C=O) groups is 4. The summed E-state index contributed by atoms with van der Waals surface area (Å²) in [6.07, 6.45) is 5.98. The molecule has 8 nitrogen and oxygen atoms in total. The lowest BCUT2D eigenvalue weighted by Gasteiger charge is -2.19. The van der Waals surface area contributed by atoms with Gasteiger partial charge in [0.2, 0.25) is 5.91 Å². The van der Waals surface area contributed by atoms with Gasteiger partial charge in [-0.25, -0.2) is 4.79 Å². The van der Waals surface area contributed by atoms with E-state index in [4.69, 9.17) is 4.74 Å². The van der Waals surface area contributed by atoms with Crippen LogP contribution < -0.4 is 16.0 Å². The zero-order valence-electron chi connectivity index (χ0n) is 27.9. The monoisotopic (exact) mass is 639 g/mol. The summed E-state index contributed by atoms with van der Waals surface area (Å²) in [4.78, 5) is 51.3. The van der Waals surface area contributed by atoms with Gasteiger partial charge in [-0.05, 0) is 81.5 Å². The molecular weight excluding hydrogens is 590 g/mol. The molecule has 1 aliphatic rings. The highest BCUT2D eigenvalue weighted by Crippen LogP contribution is 2.50. The van der Waals surface area contributed by atoms with E-state index in [1.165, 1.54) is 18.4 Å². The number of Topliss-reactive ketones (excluding diaryl/α,β-unsaturated/α-hetero) is 1. The van der Waals surface area contributed by atoms with Crippen molar-refractivity contribution in [1.82, 2.24) is 16.0 Å². The molecule has 0 aromatic heterocycles. The standard InChI is InChI=1S/C39H49N3O5/c1-39(2,3)47-38(46)40-24-14-23-35(43)31-20-13-21-32(25-31)36(44)42-34(37(45)41-27-28-15-7-4-8-16-28)22-12-6-11-19-30-26-33(30)29-17-9-5-10-18-29/h4-5,7-10,13,15-18,20-21,25,30,33-34H,6,11-12,14,19,22-24,26-27H2,1-3H3,(H,40,46)(H,41,45)(H,42,44)/t30?,33?,34-/m0/s1. The second-order valence-corrected chi connectivity index (χ2v) is 13.4. The number of nitrogens with one attached hydrogen (secondary N) is 3. The molecule has 47 heavy (non-hydrogen) atoms. The lowest BCUT2D eigenvalue weighted by Crippen LogP contribution is -2.46. The van der Waals surface area contributed by atoms with Gasteiger partial charge in [-0.2, -0.15) is 0 Å². The van der Waals surface area contributed by atoms with Crippen LogP contribution in [0.3, 0.4) is 0 Å². The molecule has 3 atom stereocenters. The lowest BCUT2D eigenvalue weighted by molar-refractivity contribution is -0.123. The van der Waals surface area contributed by atoms with Crippen LogP contribution in [0.25, 0.3) is 0 Å². The fourth-order valence-corrected chi connectivity index (χ4v) is 5.76. The number of amides is 3. The van der Waals surface area contributed by atoms with E-state index in [2.05, 4.69) is 46.3 Å². The molecule has 3 aromatic rings. The first-order chi connectivity index (χ1) is 22.6.